The second kappa shape index (κ2) is 11.5. The van der Waals surface area contributed by atoms with Crippen LogP contribution in [0.25, 0.3) is 21.1 Å². The number of thioether (sulfide) groups is 1. The van der Waals surface area contributed by atoms with Crippen LogP contribution in [0.3, 0.4) is 0 Å². The average Bonchev–Trinajstić information content (AvgIpc) is 3.54. The van der Waals surface area contributed by atoms with E-state index in [2.05, 4.69) is 66.1 Å². The van der Waals surface area contributed by atoms with E-state index in [0.29, 0.717) is 42.5 Å². The fourth-order valence-electron chi connectivity index (χ4n) is 4.61. The molecule has 0 aliphatic carbocycles. The van der Waals surface area contributed by atoms with Crippen molar-refractivity contribution in [1.29, 1.82) is 5.26 Å². The van der Waals surface area contributed by atoms with Crippen molar-refractivity contribution in [2.75, 3.05) is 14.1 Å². The molecule has 0 saturated carbocycles. The van der Waals surface area contributed by atoms with Gasteiger partial charge in [-0.15, -0.1) is 11.3 Å². The van der Waals surface area contributed by atoms with Gasteiger partial charge in [-0.1, -0.05) is 62.9 Å². The first kappa shape index (κ1) is 29.2. The number of thiophene rings is 1. The monoisotopic (exact) mass is 600 g/mol. The van der Waals surface area contributed by atoms with Gasteiger partial charge in [-0.05, 0) is 28.2 Å². The van der Waals surface area contributed by atoms with Gasteiger partial charge in [-0.2, -0.15) is 5.26 Å². The SMILES string of the molecule is CN(C)C=Nc1sc2c(F)ccc(Cn3cnc4c(SCc5ccc(C(C)(C)C)cc5)ncc(C(=O)O)c43)c2c1C#N. The number of imidazole rings is 1. The van der Waals surface area contributed by atoms with Crippen molar-refractivity contribution in [2.45, 2.75) is 43.5 Å². The van der Waals surface area contributed by atoms with Crippen LogP contribution in [0.4, 0.5) is 9.39 Å². The van der Waals surface area contributed by atoms with Gasteiger partial charge in [0.1, 0.15) is 33.0 Å². The highest BCUT2D eigenvalue weighted by molar-refractivity contribution is 7.98. The van der Waals surface area contributed by atoms with Crippen LogP contribution in [0.1, 0.15) is 53.4 Å². The zero-order valence-electron chi connectivity index (χ0n) is 23.8. The van der Waals surface area contributed by atoms with Crippen LogP contribution < -0.4 is 0 Å². The first-order chi connectivity index (χ1) is 20.0. The molecule has 1 N–H and O–H groups in total. The Morgan fingerprint density at radius 2 is 1.95 bits per heavy atom. The molecule has 42 heavy (non-hydrogen) atoms. The maximum atomic E-state index is 14.9. The van der Waals surface area contributed by atoms with E-state index >= 15 is 0 Å². The topological polar surface area (TPSA) is 107 Å². The number of rotatable bonds is 8. The first-order valence-corrected chi connectivity index (χ1v) is 14.9. The van der Waals surface area contributed by atoms with Gasteiger partial charge >= 0.3 is 5.97 Å². The maximum absolute atomic E-state index is 14.9. The molecule has 0 aliphatic heterocycles. The van der Waals surface area contributed by atoms with Crippen molar-refractivity contribution >= 4 is 61.5 Å². The van der Waals surface area contributed by atoms with Crippen molar-refractivity contribution in [2.24, 2.45) is 4.99 Å². The Kier molecular flexibility index (Phi) is 8.03. The Morgan fingerprint density at radius 3 is 2.60 bits per heavy atom. The third-order valence-corrected chi connectivity index (χ3v) is 8.91. The number of nitriles is 1. The molecule has 0 aliphatic rings. The number of benzene rings is 2. The number of carbonyl (C=O) groups is 1. The second-order valence-corrected chi connectivity index (χ2v) is 13.1. The molecule has 2 aromatic carbocycles. The Morgan fingerprint density at radius 1 is 1.21 bits per heavy atom. The van der Waals surface area contributed by atoms with Crippen molar-refractivity contribution in [3.63, 3.8) is 0 Å². The molecule has 5 rings (SSSR count). The summed E-state index contributed by atoms with van der Waals surface area (Å²) < 4.78 is 16.9. The van der Waals surface area contributed by atoms with Gasteiger partial charge in [0.05, 0.1) is 28.4 Å². The molecule has 0 bridgehead atoms. The number of halogens is 1. The number of aliphatic imine (C=N–C) groups is 1. The smallest absolute Gasteiger partial charge is 0.339 e. The molecule has 0 spiro atoms. The van der Waals surface area contributed by atoms with Crippen LogP contribution in [-0.4, -0.2) is 50.9 Å². The lowest BCUT2D eigenvalue weighted by molar-refractivity contribution is 0.0698. The molecule has 3 heterocycles. The lowest BCUT2D eigenvalue weighted by Gasteiger charge is -2.19. The number of aromatic nitrogens is 3. The zero-order chi connectivity index (χ0) is 30.2. The number of carboxylic acid groups (broad SMARTS) is 1. The van der Waals surface area contributed by atoms with Gasteiger partial charge in [0.25, 0.3) is 0 Å². The van der Waals surface area contributed by atoms with Crippen molar-refractivity contribution in [3.8, 4) is 6.07 Å². The number of carboxylic acids is 1. The van der Waals surface area contributed by atoms with E-state index in [1.54, 1.807) is 28.2 Å². The highest BCUT2D eigenvalue weighted by Crippen LogP contribution is 2.41. The molecular formula is C31H29FN6O2S2. The molecule has 0 fully saturated rings. The molecular weight excluding hydrogens is 572 g/mol. The van der Waals surface area contributed by atoms with E-state index < -0.39 is 11.8 Å². The highest BCUT2D eigenvalue weighted by Gasteiger charge is 2.22. The number of hydrogen-bond donors (Lipinski definition) is 1. The summed E-state index contributed by atoms with van der Waals surface area (Å²) in [5, 5.41) is 21.5. The van der Waals surface area contributed by atoms with E-state index in [1.165, 1.54) is 29.6 Å². The van der Waals surface area contributed by atoms with Crippen LogP contribution in [0.2, 0.25) is 0 Å². The van der Waals surface area contributed by atoms with Crippen LogP contribution >= 0.6 is 23.1 Å². The first-order valence-electron chi connectivity index (χ1n) is 13.1. The van der Waals surface area contributed by atoms with Gasteiger partial charge in [0, 0.05) is 38.0 Å². The summed E-state index contributed by atoms with van der Waals surface area (Å²) in [6, 6.07) is 13.6. The maximum Gasteiger partial charge on any atom is 0.339 e. The fraction of sp³-hybridized carbons (Fsp3) is 0.258. The van der Waals surface area contributed by atoms with Crippen LogP contribution in [0.15, 0.2) is 58.9 Å². The molecule has 0 atom stereocenters. The zero-order valence-corrected chi connectivity index (χ0v) is 25.5. The number of fused-ring (bicyclic) bond motifs is 2. The van der Waals surface area contributed by atoms with Crippen molar-refractivity contribution in [3.05, 3.63) is 82.6 Å². The molecule has 11 heteroatoms. The Labute approximate surface area is 251 Å². The van der Waals surface area contributed by atoms with Crippen LogP contribution in [-0.2, 0) is 17.7 Å². The van der Waals surface area contributed by atoms with E-state index in [0.717, 1.165) is 16.9 Å². The second-order valence-electron chi connectivity index (χ2n) is 11.1. The summed E-state index contributed by atoms with van der Waals surface area (Å²) in [6.07, 6.45) is 4.49. The van der Waals surface area contributed by atoms with Crippen LogP contribution in [0.5, 0.6) is 0 Å². The summed E-state index contributed by atoms with van der Waals surface area (Å²) in [5.74, 6) is -0.927. The third-order valence-electron chi connectivity index (χ3n) is 6.75. The minimum Gasteiger partial charge on any atom is -0.478 e. The summed E-state index contributed by atoms with van der Waals surface area (Å²) in [6.45, 7) is 6.70. The number of pyridine rings is 1. The van der Waals surface area contributed by atoms with Gasteiger partial charge in [-0.25, -0.2) is 24.1 Å². The van der Waals surface area contributed by atoms with Gasteiger partial charge < -0.3 is 14.6 Å². The molecule has 0 saturated heterocycles. The largest absolute Gasteiger partial charge is 0.478 e. The number of nitrogens with zero attached hydrogens (tertiary/aromatic N) is 6. The molecule has 0 amide bonds. The number of aromatic carboxylic acids is 1. The quantitative estimate of drug-likeness (QED) is 0.114. The van der Waals surface area contributed by atoms with Crippen molar-refractivity contribution in [1.82, 2.24) is 19.4 Å². The Hall–Kier alpha value is -4.27. The lowest BCUT2D eigenvalue weighted by atomic mass is 9.87. The summed E-state index contributed by atoms with van der Waals surface area (Å²) in [7, 11) is 3.62. The minimum atomic E-state index is -1.12. The summed E-state index contributed by atoms with van der Waals surface area (Å²) >= 11 is 2.60. The molecule has 0 unspecified atom stereocenters. The standard InChI is InChI=1S/C31H29FN6O2S2/c1-31(2,3)20-9-6-18(7-10-20)15-41-29-25-26(22(13-34-29)30(39)40)38(17-35-25)14-19-8-11-23(32)27-24(19)21(12-33)28(42-27)36-16-37(4)5/h6-11,13,16-17H,14-15H2,1-5H3,(H,39,40). The predicted molar refractivity (Wildman–Crippen MR) is 167 cm³/mol. The van der Waals surface area contributed by atoms with Gasteiger partial charge in [0.2, 0.25) is 0 Å². The van der Waals surface area contributed by atoms with E-state index in [-0.39, 0.29) is 23.1 Å². The van der Waals surface area contributed by atoms with Crippen LogP contribution in [0, 0.1) is 17.1 Å². The van der Waals surface area contributed by atoms with Gasteiger partial charge in [-0.3, -0.25) is 0 Å². The molecule has 3 aromatic heterocycles. The normalized spacial score (nSPS) is 11.9. The Bertz CT molecular complexity index is 1880. The molecule has 214 valence electrons. The van der Waals surface area contributed by atoms with Gasteiger partial charge in [0.15, 0.2) is 0 Å². The third kappa shape index (κ3) is 5.73. The van der Waals surface area contributed by atoms with E-state index in [4.69, 9.17) is 0 Å². The molecule has 8 nitrogen and oxygen atoms in total. The van der Waals surface area contributed by atoms with Crippen molar-refractivity contribution < 1.29 is 14.3 Å². The summed E-state index contributed by atoms with van der Waals surface area (Å²) in [5.41, 5.74) is 4.28. The lowest BCUT2D eigenvalue weighted by Crippen LogP contribution is -2.10. The fourth-order valence-corrected chi connectivity index (χ4v) is 6.56. The highest BCUT2D eigenvalue weighted by atomic mass is 32.2. The molecule has 5 aromatic rings. The predicted octanol–water partition coefficient (Wildman–Crippen LogP) is 7.21. The van der Waals surface area contributed by atoms with E-state index in [1.807, 2.05) is 14.1 Å². The molecule has 0 radical (unpaired) electrons. The Balaban J connectivity index is 1.53. The van der Waals surface area contributed by atoms with E-state index in [9.17, 15) is 19.6 Å². The number of hydrogen-bond acceptors (Lipinski definition) is 7. The summed E-state index contributed by atoms with van der Waals surface area (Å²) in [4.78, 5) is 27.3. The average molecular weight is 601 g/mol. The minimum absolute atomic E-state index is 0.0156.